The molecule has 0 aliphatic carbocycles. The lowest BCUT2D eigenvalue weighted by Gasteiger charge is -2.34. The summed E-state index contributed by atoms with van der Waals surface area (Å²) in [6, 6.07) is 8.16. The van der Waals surface area contributed by atoms with Crippen molar-refractivity contribution < 1.29 is 9.18 Å². The second-order valence-electron chi connectivity index (χ2n) is 5.56. The molecule has 0 radical (unpaired) electrons. The van der Waals surface area contributed by atoms with E-state index in [1.165, 1.54) is 23.7 Å². The number of halogens is 2. The topological polar surface area (TPSA) is 72.3 Å². The van der Waals surface area contributed by atoms with Crippen LogP contribution in [-0.2, 0) is 4.79 Å². The Morgan fingerprint density at radius 1 is 1.36 bits per heavy atom. The second-order valence-corrected chi connectivity index (χ2v) is 6.67. The van der Waals surface area contributed by atoms with E-state index in [2.05, 4.69) is 15.8 Å². The number of nitrogens with one attached hydrogen (secondary N) is 1. The van der Waals surface area contributed by atoms with Crippen molar-refractivity contribution in [1.29, 1.82) is 5.26 Å². The number of nitriles is 1. The lowest BCUT2D eigenvalue weighted by molar-refractivity contribution is -0.117. The van der Waals surface area contributed by atoms with Crippen molar-refractivity contribution in [2.45, 2.75) is 0 Å². The summed E-state index contributed by atoms with van der Waals surface area (Å²) < 4.78 is 17.6. The highest BCUT2D eigenvalue weighted by atomic mass is 35.5. The van der Waals surface area contributed by atoms with Crippen molar-refractivity contribution in [3.63, 3.8) is 0 Å². The largest absolute Gasteiger partial charge is 0.358 e. The highest BCUT2D eigenvalue weighted by molar-refractivity contribution is 7.10. The normalized spacial score (nSPS) is 15.0. The van der Waals surface area contributed by atoms with Gasteiger partial charge in [0.2, 0.25) is 5.91 Å². The molecule has 1 aliphatic rings. The summed E-state index contributed by atoms with van der Waals surface area (Å²) in [6.45, 7) is 2.84. The van der Waals surface area contributed by atoms with Gasteiger partial charge in [0, 0.05) is 26.2 Å². The Bertz CT molecular complexity index is 813. The zero-order chi connectivity index (χ0) is 17.8. The van der Waals surface area contributed by atoms with Crippen molar-refractivity contribution in [3.8, 4) is 6.07 Å². The van der Waals surface area contributed by atoms with Crippen LogP contribution in [0.15, 0.2) is 24.3 Å². The molecule has 130 valence electrons. The minimum absolute atomic E-state index is 0.184. The fourth-order valence-electron chi connectivity index (χ4n) is 2.64. The maximum atomic E-state index is 13.6. The van der Waals surface area contributed by atoms with E-state index in [0.717, 1.165) is 5.00 Å². The number of carbonyl (C=O) groups is 1. The molecule has 9 heteroatoms. The smallest absolute Gasteiger partial charge is 0.238 e. The quantitative estimate of drug-likeness (QED) is 0.883. The molecule has 2 aromatic rings. The number of anilines is 2. The van der Waals surface area contributed by atoms with Gasteiger partial charge in [-0.15, -0.1) is 0 Å². The molecular formula is C16H15ClFN5OS. The molecule has 1 aromatic heterocycles. The number of amides is 1. The van der Waals surface area contributed by atoms with Crippen molar-refractivity contribution in [2.75, 3.05) is 42.9 Å². The number of para-hydroxylation sites is 1. The summed E-state index contributed by atoms with van der Waals surface area (Å²) in [5.41, 5.74) is 0.585. The van der Waals surface area contributed by atoms with Crippen LogP contribution in [0.1, 0.15) is 5.56 Å². The van der Waals surface area contributed by atoms with Gasteiger partial charge in [-0.1, -0.05) is 23.7 Å². The number of carbonyl (C=O) groups excluding carboxylic acids is 1. The molecule has 0 spiro atoms. The van der Waals surface area contributed by atoms with Gasteiger partial charge in [-0.05, 0) is 23.7 Å². The molecule has 1 saturated heterocycles. The standard InChI is InChI=1S/C16H15ClFN5OS/c17-15-11(9-19)16(25-21-15)23-7-5-22(6-8-23)10-14(24)20-13-4-2-1-3-12(13)18/h1-4H,5-8,10H2,(H,20,24). The zero-order valence-electron chi connectivity index (χ0n) is 13.2. The van der Waals surface area contributed by atoms with Crippen molar-refractivity contribution >= 4 is 39.7 Å². The number of nitrogens with zero attached hydrogens (tertiary/aromatic N) is 4. The summed E-state index contributed by atoms with van der Waals surface area (Å²) in [7, 11) is 0. The Morgan fingerprint density at radius 2 is 2.08 bits per heavy atom. The molecule has 25 heavy (non-hydrogen) atoms. The molecule has 1 fully saturated rings. The fraction of sp³-hybridized carbons (Fsp3) is 0.312. The maximum Gasteiger partial charge on any atom is 0.238 e. The number of hydrogen-bond donors (Lipinski definition) is 1. The molecule has 0 atom stereocenters. The second kappa shape index (κ2) is 7.78. The van der Waals surface area contributed by atoms with Gasteiger partial charge in [-0.3, -0.25) is 9.69 Å². The molecule has 3 rings (SSSR count). The lowest BCUT2D eigenvalue weighted by Crippen LogP contribution is -2.48. The highest BCUT2D eigenvalue weighted by Gasteiger charge is 2.24. The Kier molecular flexibility index (Phi) is 5.48. The number of piperazine rings is 1. The van der Waals surface area contributed by atoms with E-state index in [0.29, 0.717) is 31.7 Å². The number of hydrogen-bond acceptors (Lipinski definition) is 6. The maximum absolute atomic E-state index is 13.6. The Balaban J connectivity index is 1.53. The van der Waals surface area contributed by atoms with Gasteiger partial charge >= 0.3 is 0 Å². The molecule has 6 nitrogen and oxygen atoms in total. The zero-order valence-corrected chi connectivity index (χ0v) is 14.8. The van der Waals surface area contributed by atoms with Crippen LogP contribution in [0.3, 0.4) is 0 Å². The molecule has 1 N–H and O–H groups in total. The lowest BCUT2D eigenvalue weighted by atomic mass is 10.2. The van der Waals surface area contributed by atoms with Crippen molar-refractivity contribution in [2.24, 2.45) is 0 Å². The summed E-state index contributed by atoms with van der Waals surface area (Å²) in [5, 5.41) is 12.7. The molecule has 0 bridgehead atoms. The first-order valence-corrected chi connectivity index (χ1v) is 8.80. The Morgan fingerprint density at radius 3 is 2.76 bits per heavy atom. The molecular weight excluding hydrogens is 365 g/mol. The average Bonchev–Trinajstić information content (AvgIpc) is 2.98. The van der Waals surface area contributed by atoms with Crippen LogP contribution >= 0.6 is 23.1 Å². The van der Waals surface area contributed by atoms with Gasteiger partial charge in [-0.25, -0.2) is 4.39 Å². The summed E-state index contributed by atoms with van der Waals surface area (Å²) in [6.07, 6.45) is 0. The van der Waals surface area contributed by atoms with Gasteiger partial charge in [0.15, 0.2) is 5.15 Å². The molecule has 1 aliphatic heterocycles. The van der Waals surface area contributed by atoms with E-state index in [1.54, 1.807) is 12.1 Å². The molecule has 1 aromatic carbocycles. The van der Waals surface area contributed by atoms with Crippen LogP contribution in [0, 0.1) is 17.1 Å². The summed E-state index contributed by atoms with van der Waals surface area (Å²) >= 11 is 7.12. The minimum Gasteiger partial charge on any atom is -0.358 e. The average molecular weight is 380 g/mol. The Hall–Kier alpha value is -2.21. The molecule has 0 saturated carbocycles. The summed E-state index contributed by atoms with van der Waals surface area (Å²) in [5.74, 6) is -0.705. The van der Waals surface area contributed by atoms with Gasteiger partial charge in [0.05, 0.1) is 12.2 Å². The van der Waals surface area contributed by atoms with Crippen LogP contribution in [0.4, 0.5) is 15.1 Å². The number of benzene rings is 1. The molecule has 0 unspecified atom stereocenters. The van der Waals surface area contributed by atoms with E-state index in [4.69, 9.17) is 16.9 Å². The first-order chi connectivity index (χ1) is 12.1. The number of rotatable bonds is 4. The minimum atomic E-state index is -0.452. The van der Waals surface area contributed by atoms with Crippen LogP contribution in [0.2, 0.25) is 5.15 Å². The van der Waals surface area contributed by atoms with Gasteiger partial charge in [0.1, 0.15) is 22.5 Å². The first kappa shape index (κ1) is 17.6. The number of aromatic nitrogens is 1. The van der Waals surface area contributed by atoms with Crippen LogP contribution in [0.5, 0.6) is 0 Å². The van der Waals surface area contributed by atoms with E-state index in [-0.39, 0.29) is 23.3 Å². The van der Waals surface area contributed by atoms with E-state index in [1.807, 2.05) is 9.80 Å². The Labute approximate surface area is 153 Å². The predicted molar refractivity (Wildman–Crippen MR) is 95.5 cm³/mol. The molecule has 1 amide bonds. The highest BCUT2D eigenvalue weighted by Crippen LogP contribution is 2.31. The van der Waals surface area contributed by atoms with E-state index < -0.39 is 5.82 Å². The van der Waals surface area contributed by atoms with E-state index in [9.17, 15) is 9.18 Å². The van der Waals surface area contributed by atoms with Crippen molar-refractivity contribution in [1.82, 2.24) is 9.27 Å². The molecule has 2 heterocycles. The third-order valence-corrected chi connectivity index (χ3v) is 5.20. The van der Waals surface area contributed by atoms with Gasteiger partial charge in [-0.2, -0.15) is 9.64 Å². The third kappa shape index (κ3) is 4.07. The third-order valence-electron chi connectivity index (χ3n) is 3.92. The fourth-order valence-corrected chi connectivity index (χ4v) is 3.72. The van der Waals surface area contributed by atoms with Crippen LogP contribution in [0.25, 0.3) is 0 Å². The van der Waals surface area contributed by atoms with Crippen LogP contribution < -0.4 is 10.2 Å². The first-order valence-electron chi connectivity index (χ1n) is 7.65. The summed E-state index contributed by atoms with van der Waals surface area (Å²) in [4.78, 5) is 16.1. The van der Waals surface area contributed by atoms with Crippen LogP contribution in [-0.4, -0.2) is 47.9 Å². The van der Waals surface area contributed by atoms with Gasteiger partial charge in [0.25, 0.3) is 0 Å². The SMILES string of the molecule is N#Cc1c(Cl)nsc1N1CCN(CC(=O)Nc2ccccc2F)CC1. The van der Waals surface area contributed by atoms with Crippen molar-refractivity contribution in [3.05, 3.63) is 40.8 Å². The monoisotopic (exact) mass is 379 g/mol. The predicted octanol–water partition coefficient (Wildman–Crippen LogP) is 2.57. The van der Waals surface area contributed by atoms with Gasteiger partial charge < -0.3 is 10.2 Å². The van der Waals surface area contributed by atoms with E-state index >= 15 is 0 Å².